The quantitative estimate of drug-likeness (QED) is 0.357. The Morgan fingerprint density at radius 1 is 1.03 bits per heavy atom. The molecule has 152 valence electrons. The van der Waals surface area contributed by atoms with Gasteiger partial charge in [0.2, 0.25) is 0 Å². The summed E-state index contributed by atoms with van der Waals surface area (Å²) in [5.74, 6) is -0.678. The first-order valence-corrected chi connectivity index (χ1v) is 9.93. The highest BCUT2D eigenvalue weighted by molar-refractivity contribution is 9.10. The number of hydrogen-bond donors (Lipinski definition) is 2. The third kappa shape index (κ3) is 5.92. The molecule has 3 rings (SSSR count). The molecular formula is C22H16BrClN2O4. The van der Waals surface area contributed by atoms with E-state index in [1.807, 2.05) is 0 Å². The summed E-state index contributed by atoms with van der Waals surface area (Å²) in [6.07, 6.45) is 1.52. The molecule has 2 N–H and O–H groups in total. The van der Waals surface area contributed by atoms with E-state index in [1.54, 1.807) is 54.6 Å². The van der Waals surface area contributed by atoms with E-state index in [0.29, 0.717) is 22.9 Å². The lowest BCUT2D eigenvalue weighted by Crippen LogP contribution is -2.17. The molecule has 0 unspecified atom stereocenters. The van der Waals surface area contributed by atoms with Crippen molar-refractivity contribution in [3.8, 4) is 5.75 Å². The number of carbonyl (C=O) groups is 2. The van der Waals surface area contributed by atoms with E-state index in [9.17, 15) is 9.59 Å². The third-order valence-corrected chi connectivity index (χ3v) is 4.91. The number of ether oxygens (including phenoxy) is 1. The maximum absolute atomic E-state index is 12.0. The average Bonchev–Trinajstić information content (AvgIpc) is 2.74. The molecule has 0 aliphatic heterocycles. The smallest absolute Gasteiger partial charge is 0.335 e. The molecule has 8 heteroatoms. The van der Waals surface area contributed by atoms with E-state index in [1.165, 1.54) is 18.3 Å². The highest BCUT2D eigenvalue weighted by Crippen LogP contribution is 2.26. The zero-order valence-corrected chi connectivity index (χ0v) is 17.9. The van der Waals surface area contributed by atoms with Crippen LogP contribution in [0.2, 0.25) is 5.02 Å². The number of carboxylic acids is 1. The number of nitrogens with one attached hydrogen (secondary N) is 1. The zero-order chi connectivity index (χ0) is 21.5. The van der Waals surface area contributed by atoms with E-state index in [-0.39, 0.29) is 11.5 Å². The summed E-state index contributed by atoms with van der Waals surface area (Å²) in [6, 6.07) is 18.4. The van der Waals surface area contributed by atoms with Gasteiger partial charge in [-0.3, -0.25) is 4.79 Å². The van der Waals surface area contributed by atoms with Gasteiger partial charge in [-0.1, -0.05) is 23.7 Å². The fourth-order valence-corrected chi connectivity index (χ4v) is 3.09. The second-order valence-electron chi connectivity index (χ2n) is 6.19. The van der Waals surface area contributed by atoms with Gasteiger partial charge in [-0.25, -0.2) is 10.2 Å². The largest absolute Gasteiger partial charge is 0.488 e. The van der Waals surface area contributed by atoms with Gasteiger partial charge in [-0.2, -0.15) is 5.10 Å². The molecule has 1 amide bonds. The molecule has 0 fully saturated rings. The summed E-state index contributed by atoms with van der Waals surface area (Å²) in [6.45, 7) is 0.295. The highest BCUT2D eigenvalue weighted by Gasteiger charge is 2.06. The first-order chi connectivity index (χ1) is 14.4. The molecule has 3 aromatic rings. The third-order valence-electron chi connectivity index (χ3n) is 4.04. The number of carboxylic acid groups (broad SMARTS) is 1. The summed E-state index contributed by atoms with van der Waals surface area (Å²) in [4.78, 5) is 22.9. The van der Waals surface area contributed by atoms with Crippen LogP contribution in [0.4, 0.5) is 0 Å². The first-order valence-electron chi connectivity index (χ1n) is 8.76. The fourth-order valence-electron chi connectivity index (χ4n) is 2.45. The number of carbonyl (C=O) groups excluding carboxylic acids is 1. The minimum Gasteiger partial charge on any atom is -0.488 e. The van der Waals surface area contributed by atoms with Crippen LogP contribution in [0.3, 0.4) is 0 Å². The van der Waals surface area contributed by atoms with Crippen LogP contribution in [-0.2, 0) is 6.61 Å². The van der Waals surface area contributed by atoms with E-state index in [4.69, 9.17) is 21.4 Å². The Morgan fingerprint density at radius 2 is 1.70 bits per heavy atom. The second-order valence-corrected chi connectivity index (χ2v) is 7.48. The van der Waals surface area contributed by atoms with Crippen molar-refractivity contribution >= 4 is 45.6 Å². The lowest BCUT2D eigenvalue weighted by molar-refractivity contribution is 0.0696. The highest BCUT2D eigenvalue weighted by atomic mass is 79.9. The number of hydrogen-bond acceptors (Lipinski definition) is 4. The van der Waals surface area contributed by atoms with Gasteiger partial charge in [-0.15, -0.1) is 0 Å². The topological polar surface area (TPSA) is 88.0 Å². The van der Waals surface area contributed by atoms with Gasteiger partial charge >= 0.3 is 5.97 Å². The van der Waals surface area contributed by atoms with Crippen molar-refractivity contribution in [2.45, 2.75) is 6.61 Å². The monoisotopic (exact) mass is 486 g/mol. The molecule has 0 saturated carbocycles. The van der Waals surface area contributed by atoms with Crippen molar-refractivity contribution < 1.29 is 19.4 Å². The van der Waals surface area contributed by atoms with Gasteiger partial charge in [0, 0.05) is 10.6 Å². The molecule has 0 heterocycles. The van der Waals surface area contributed by atoms with E-state index >= 15 is 0 Å². The summed E-state index contributed by atoms with van der Waals surface area (Å²) in [5.41, 5.74) is 4.75. The van der Waals surface area contributed by atoms with Crippen molar-refractivity contribution in [1.29, 1.82) is 0 Å². The molecular weight excluding hydrogens is 472 g/mol. The average molecular weight is 488 g/mol. The minimum atomic E-state index is -0.966. The van der Waals surface area contributed by atoms with Crippen LogP contribution >= 0.6 is 27.5 Å². The Balaban J connectivity index is 1.56. The van der Waals surface area contributed by atoms with Crippen molar-refractivity contribution in [3.05, 3.63) is 98.5 Å². The van der Waals surface area contributed by atoms with Gasteiger partial charge in [0.25, 0.3) is 5.91 Å². The lowest BCUT2D eigenvalue weighted by Gasteiger charge is -2.09. The Morgan fingerprint density at radius 3 is 2.33 bits per heavy atom. The molecule has 6 nitrogen and oxygen atoms in total. The van der Waals surface area contributed by atoms with Gasteiger partial charge < -0.3 is 9.84 Å². The molecule has 30 heavy (non-hydrogen) atoms. The van der Waals surface area contributed by atoms with Crippen LogP contribution < -0.4 is 10.2 Å². The Hall–Kier alpha value is -3.16. The van der Waals surface area contributed by atoms with Crippen LogP contribution in [0, 0.1) is 0 Å². The Bertz CT molecular complexity index is 1080. The number of halogens is 2. The number of hydrazone groups is 1. The van der Waals surface area contributed by atoms with Crippen molar-refractivity contribution in [2.75, 3.05) is 0 Å². The summed E-state index contributed by atoms with van der Waals surface area (Å²) >= 11 is 9.26. The van der Waals surface area contributed by atoms with E-state index in [2.05, 4.69) is 26.5 Å². The standard InChI is InChI=1S/C22H16BrClN2O4/c23-19-11-15(12-25-26-21(27)16-6-8-18(24)9-7-16)3-10-20(19)30-13-14-1-4-17(5-2-14)22(28)29/h1-12H,13H2,(H,26,27)(H,28,29)/b25-12-. The number of rotatable bonds is 7. The van der Waals surface area contributed by atoms with Crippen molar-refractivity contribution in [2.24, 2.45) is 5.10 Å². The maximum atomic E-state index is 12.0. The Kier molecular flexibility index (Phi) is 7.21. The molecule has 0 aromatic heterocycles. The first kappa shape index (κ1) is 21.5. The van der Waals surface area contributed by atoms with Crippen LogP contribution in [0.25, 0.3) is 0 Å². The van der Waals surface area contributed by atoms with Gasteiger partial charge in [0.05, 0.1) is 16.3 Å². The molecule has 3 aromatic carbocycles. The van der Waals surface area contributed by atoms with E-state index in [0.717, 1.165) is 15.6 Å². The van der Waals surface area contributed by atoms with Crippen LogP contribution in [-0.4, -0.2) is 23.2 Å². The summed E-state index contributed by atoms with van der Waals surface area (Å²) < 4.78 is 6.49. The van der Waals surface area contributed by atoms with Gasteiger partial charge in [-0.05, 0) is 81.7 Å². The van der Waals surface area contributed by atoms with Gasteiger partial charge in [0.15, 0.2) is 0 Å². The lowest BCUT2D eigenvalue weighted by atomic mass is 10.1. The normalized spacial score (nSPS) is 10.7. The molecule has 0 bridgehead atoms. The summed E-state index contributed by atoms with van der Waals surface area (Å²) in [5, 5.41) is 13.4. The van der Waals surface area contributed by atoms with Crippen LogP contribution in [0.5, 0.6) is 5.75 Å². The number of benzene rings is 3. The molecule has 0 radical (unpaired) electrons. The fraction of sp³-hybridized carbons (Fsp3) is 0.0455. The van der Waals surface area contributed by atoms with Crippen LogP contribution in [0.15, 0.2) is 76.3 Å². The van der Waals surface area contributed by atoms with Gasteiger partial charge in [0.1, 0.15) is 12.4 Å². The molecule has 0 aliphatic carbocycles. The minimum absolute atomic E-state index is 0.228. The predicted octanol–water partition coefficient (Wildman–Crippen LogP) is 5.14. The number of amides is 1. The molecule has 0 saturated heterocycles. The van der Waals surface area contributed by atoms with Crippen molar-refractivity contribution in [1.82, 2.24) is 5.43 Å². The molecule has 0 atom stereocenters. The number of aromatic carboxylic acids is 1. The molecule has 0 aliphatic rings. The van der Waals surface area contributed by atoms with Crippen LogP contribution in [0.1, 0.15) is 31.8 Å². The predicted molar refractivity (Wildman–Crippen MR) is 118 cm³/mol. The Labute approximate surface area is 186 Å². The maximum Gasteiger partial charge on any atom is 0.335 e. The molecule has 0 spiro atoms. The van der Waals surface area contributed by atoms with Crippen molar-refractivity contribution in [3.63, 3.8) is 0 Å². The zero-order valence-electron chi connectivity index (χ0n) is 15.5. The second kappa shape index (κ2) is 10.0. The SMILES string of the molecule is O=C(O)c1ccc(COc2ccc(/C=N\NC(=O)c3ccc(Cl)cc3)cc2Br)cc1. The van der Waals surface area contributed by atoms with E-state index < -0.39 is 5.97 Å². The number of nitrogens with zero attached hydrogens (tertiary/aromatic N) is 1. The summed E-state index contributed by atoms with van der Waals surface area (Å²) in [7, 11) is 0.